The molecular weight excluding hydrogens is 379 g/mol. The Bertz CT molecular complexity index is 459. The van der Waals surface area contributed by atoms with Crippen molar-refractivity contribution < 1.29 is 4.74 Å². The quantitative estimate of drug-likeness (QED) is 0.478. The Labute approximate surface area is 144 Å². The van der Waals surface area contributed by atoms with E-state index in [1.807, 2.05) is 19.2 Å². The molecule has 0 aliphatic carbocycles. The molecule has 0 unspecified atom stereocenters. The minimum Gasteiger partial charge on any atom is -0.481 e. The molecule has 1 aliphatic rings. The summed E-state index contributed by atoms with van der Waals surface area (Å²) in [6, 6.07) is 3.93. The number of aromatic nitrogens is 1. The Morgan fingerprint density at radius 1 is 1.48 bits per heavy atom. The van der Waals surface area contributed by atoms with Crippen LogP contribution in [0.4, 0.5) is 0 Å². The summed E-state index contributed by atoms with van der Waals surface area (Å²) in [6.07, 6.45) is 4.24. The summed E-state index contributed by atoms with van der Waals surface area (Å²) in [5, 5.41) is 3.41. The number of methoxy groups -OCH3 is 1. The van der Waals surface area contributed by atoms with Crippen LogP contribution in [0.5, 0.6) is 5.88 Å². The number of piperidine rings is 1. The van der Waals surface area contributed by atoms with Crippen LogP contribution in [0, 0.1) is 5.92 Å². The summed E-state index contributed by atoms with van der Waals surface area (Å²) in [7, 11) is 3.47. The van der Waals surface area contributed by atoms with Gasteiger partial charge in [0.15, 0.2) is 5.96 Å². The van der Waals surface area contributed by atoms with E-state index in [4.69, 9.17) is 4.74 Å². The highest BCUT2D eigenvalue weighted by Crippen LogP contribution is 2.16. The summed E-state index contributed by atoms with van der Waals surface area (Å²) < 4.78 is 5.14. The molecule has 0 spiro atoms. The molecule has 0 aromatic carbocycles. The average Bonchev–Trinajstić information content (AvgIpc) is 2.50. The molecular formula is C15H25IN4O. The Morgan fingerprint density at radius 2 is 2.19 bits per heavy atom. The Hall–Kier alpha value is -1.05. The molecule has 1 aromatic rings. The Kier molecular flexibility index (Phi) is 7.77. The van der Waals surface area contributed by atoms with Crippen LogP contribution in [0.2, 0.25) is 0 Å². The van der Waals surface area contributed by atoms with Crippen LogP contribution in [-0.2, 0) is 6.54 Å². The van der Waals surface area contributed by atoms with E-state index < -0.39 is 0 Å². The van der Waals surface area contributed by atoms with E-state index in [9.17, 15) is 0 Å². The highest BCUT2D eigenvalue weighted by Gasteiger charge is 2.18. The van der Waals surface area contributed by atoms with Gasteiger partial charge in [0, 0.05) is 38.9 Å². The SMILES string of the molecule is CN=C(NCc1ccnc(OC)c1)N1CCC(C)CC1.I. The number of aliphatic imine (C=N–C) groups is 1. The highest BCUT2D eigenvalue weighted by molar-refractivity contribution is 14.0. The molecule has 5 nitrogen and oxygen atoms in total. The minimum atomic E-state index is 0. The number of likely N-dealkylation sites (tertiary alicyclic amines) is 1. The first kappa shape index (κ1) is 18.0. The van der Waals surface area contributed by atoms with Gasteiger partial charge in [-0.2, -0.15) is 0 Å². The first-order valence-electron chi connectivity index (χ1n) is 7.17. The predicted octanol–water partition coefficient (Wildman–Crippen LogP) is 2.52. The van der Waals surface area contributed by atoms with Gasteiger partial charge >= 0.3 is 0 Å². The number of hydrogen-bond acceptors (Lipinski definition) is 3. The van der Waals surface area contributed by atoms with Gasteiger partial charge < -0.3 is 15.0 Å². The van der Waals surface area contributed by atoms with Crippen LogP contribution in [0.3, 0.4) is 0 Å². The van der Waals surface area contributed by atoms with Gasteiger partial charge in [-0.15, -0.1) is 24.0 Å². The van der Waals surface area contributed by atoms with Crippen LogP contribution in [0.1, 0.15) is 25.3 Å². The minimum absolute atomic E-state index is 0. The summed E-state index contributed by atoms with van der Waals surface area (Å²) >= 11 is 0. The van der Waals surface area contributed by atoms with Crippen molar-refractivity contribution in [3.8, 4) is 5.88 Å². The molecule has 0 amide bonds. The molecule has 0 radical (unpaired) electrons. The monoisotopic (exact) mass is 404 g/mol. The molecule has 1 aliphatic heterocycles. The molecule has 0 saturated carbocycles. The molecule has 21 heavy (non-hydrogen) atoms. The van der Waals surface area contributed by atoms with Gasteiger partial charge in [-0.05, 0) is 30.4 Å². The maximum Gasteiger partial charge on any atom is 0.213 e. The van der Waals surface area contributed by atoms with Crippen LogP contribution in [0.15, 0.2) is 23.3 Å². The fourth-order valence-electron chi connectivity index (χ4n) is 2.41. The van der Waals surface area contributed by atoms with Crippen molar-refractivity contribution >= 4 is 29.9 Å². The van der Waals surface area contributed by atoms with Gasteiger partial charge in [0.2, 0.25) is 5.88 Å². The zero-order valence-corrected chi connectivity index (χ0v) is 15.3. The zero-order valence-electron chi connectivity index (χ0n) is 13.0. The molecule has 1 fully saturated rings. The summed E-state index contributed by atoms with van der Waals surface area (Å²) in [5.41, 5.74) is 1.14. The van der Waals surface area contributed by atoms with Gasteiger partial charge in [-0.25, -0.2) is 4.98 Å². The lowest BCUT2D eigenvalue weighted by Crippen LogP contribution is -2.45. The average molecular weight is 404 g/mol. The molecule has 1 saturated heterocycles. The van der Waals surface area contributed by atoms with E-state index in [0.29, 0.717) is 5.88 Å². The Balaban J connectivity index is 0.00000220. The number of guanidine groups is 1. The maximum absolute atomic E-state index is 5.14. The van der Waals surface area contributed by atoms with E-state index >= 15 is 0 Å². The third-order valence-electron chi connectivity index (χ3n) is 3.75. The lowest BCUT2D eigenvalue weighted by Gasteiger charge is -2.32. The van der Waals surface area contributed by atoms with Gasteiger partial charge in [0.1, 0.15) is 0 Å². The number of pyridine rings is 1. The first-order valence-corrected chi connectivity index (χ1v) is 7.17. The first-order chi connectivity index (χ1) is 9.72. The Morgan fingerprint density at radius 3 is 2.81 bits per heavy atom. The van der Waals surface area contributed by atoms with Crippen LogP contribution < -0.4 is 10.1 Å². The number of nitrogens with one attached hydrogen (secondary N) is 1. The second kappa shape index (κ2) is 9.07. The number of hydrogen-bond donors (Lipinski definition) is 1. The lowest BCUT2D eigenvalue weighted by atomic mass is 10.00. The summed E-state index contributed by atoms with van der Waals surface area (Å²) in [6.45, 7) is 5.22. The number of halogens is 1. The van der Waals surface area contributed by atoms with Crippen LogP contribution >= 0.6 is 24.0 Å². The number of ether oxygens (including phenoxy) is 1. The van der Waals surface area contributed by atoms with E-state index in [1.165, 1.54) is 12.8 Å². The standard InChI is InChI=1S/C15H24N4O.HI/c1-12-5-8-19(9-6-12)15(16-2)18-11-13-4-7-17-14(10-13)20-3;/h4,7,10,12H,5-6,8-9,11H2,1-3H3,(H,16,18);1H. The normalized spacial score (nSPS) is 16.3. The van der Waals surface area contributed by atoms with Gasteiger partial charge in [0.05, 0.1) is 7.11 Å². The molecule has 0 atom stereocenters. The topological polar surface area (TPSA) is 49.8 Å². The van der Waals surface area contributed by atoms with E-state index in [-0.39, 0.29) is 24.0 Å². The zero-order chi connectivity index (χ0) is 14.4. The second-order valence-corrected chi connectivity index (χ2v) is 5.28. The van der Waals surface area contributed by atoms with Crippen LogP contribution in [0.25, 0.3) is 0 Å². The van der Waals surface area contributed by atoms with Crippen molar-refractivity contribution in [2.45, 2.75) is 26.3 Å². The van der Waals surface area contributed by atoms with Crippen molar-refractivity contribution in [1.82, 2.24) is 15.2 Å². The van der Waals surface area contributed by atoms with E-state index in [2.05, 4.69) is 27.1 Å². The van der Waals surface area contributed by atoms with E-state index in [0.717, 1.165) is 37.1 Å². The van der Waals surface area contributed by atoms with Crippen molar-refractivity contribution in [3.63, 3.8) is 0 Å². The molecule has 6 heteroatoms. The molecule has 1 aromatic heterocycles. The summed E-state index contributed by atoms with van der Waals surface area (Å²) in [5.74, 6) is 2.45. The van der Waals surface area contributed by atoms with Crippen LogP contribution in [-0.4, -0.2) is 43.1 Å². The third-order valence-corrected chi connectivity index (χ3v) is 3.75. The van der Waals surface area contributed by atoms with Gasteiger partial charge in [-0.1, -0.05) is 6.92 Å². The van der Waals surface area contributed by atoms with Crippen molar-refractivity contribution in [3.05, 3.63) is 23.9 Å². The molecule has 0 bridgehead atoms. The summed E-state index contributed by atoms with van der Waals surface area (Å²) in [4.78, 5) is 10.8. The number of nitrogens with zero attached hydrogens (tertiary/aromatic N) is 3. The van der Waals surface area contributed by atoms with Crippen molar-refractivity contribution in [2.24, 2.45) is 10.9 Å². The predicted molar refractivity (Wildman–Crippen MR) is 96.4 cm³/mol. The third kappa shape index (κ3) is 5.33. The van der Waals surface area contributed by atoms with E-state index in [1.54, 1.807) is 13.3 Å². The van der Waals surface area contributed by atoms with Gasteiger partial charge in [-0.3, -0.25) is 4.99 Å². The van der Waals surface area contributed by atoms with Crippen molar-refractivity contribution in [1.29, 1.82) is 0 Å². The fraction of sp³-hybridized carbons (Fsp3) is 0.600. The second-order valence-electron chi connectivity index (χ2n) is 5.28. The maximum atomic E-state index is 5.14. The largest absolute Gasteiger partial charge is 0.481 e. The molecule has 118 valence electrons. The molecule has 2 heterocycles. The van der Waals surface area contributed by atoms with Gasteiger partial charge in [0.25, 0.3) is 0 Å². The molecule has 1 N–H and O–H groups in total. The lowest BCUT2D eigenvalue weighted by molar-refractivity contribution is 0.273. The van der Waals surface area contributed by atoms with Crippen molar-refractivity contribution in [2.75, 3.05) is 27.2 Å². The number of rotatable bonds is 3. The fourth-order valence-corrected chi connectivity index (χ4v) is 2.41. The highest BCUT2D eigenvalue weighted by atomic mass is 127. The smallest absolute Gasteiger partial charge is 0.213 e. The molecule has 2 rings (SSSR count).